The van der Waals surface area contributed by atoms with Crippen molar-refractivity contribution in [2.45, 2.75) is 32.7 Å². The minimum absolute atomic E-state index is 0.139. The van der Waals surface area contributed by atoms with Gasteiger partial charge in [-0.2, -0.15) is 0 Å². The molecule has 0 amide bonds. The molecule has 0 heterocycles. The number of hydrogen-bond donors (Lipinski definition) is 1. The van der Waals surface area contributed by atoms with Crippen LogP contribution in [0, 0.1) is 5.82 Å². The van der Waals surface area contributed by atoms with Gasteiger partial charge < -0.3 is 10.1 Å². The molecule has 18 heavy (non-hydrogen) atoms. The Hall–Kier alpha value is -1.42. The summed E-state index contributed by atoms with van der Waals surface area (Å²) in [6.07, 6.45) is 1.24. The SMILES string of the molecule is CCOC(=O)CCNC(CC)c1ccc(F)cc1. The summed E-state index contributed by atoms with van der Waals surface area (Å²) in [6.45, 7) is 4.81. The number of ether oxygens (including phenoxy) is 1. The lowest BCUT2D eigenvalue weighted by atomic mass is 10.0. The van der Waals surface area contributed by atoms with Crippen LogP contribution >= 0.6 is 0 Å². The van der Waals surface area contributed by atoms with Crippen molar-refractivity contribution in [1.82, 2.24) is 5.32 Å². The topological polar surface area (TPSA) is 38.3 Å². The molecule has 0 saturated heterocycles. The molecule has 100 valence electrons. The van der Waals surface area contributed by atoms with Crippen molar-refractivity contribution < 1.29 is 13.9 Å². The molecule has 0 aliphatic rings. The van der Waals surface area contributed by atoms with E-state index >= 15 is 0 Å². The van der Waals surface area contributed by atoms with E-state index < -0.39 is 0 Å². The first-order valence-corrected chi connectivity index (χ1v) is 6.31. The third-order valence-corrected chi connectivity index (χ3v) is 2.71. The summed E-state index contributed by atoms with van der Waals surface area (Å²) in [7, 11) is 0. The van der Waals surface area contributed by atoms with E-state index in [0.29, 0.717) is 19.6 Å². The fraction of sp³-hybridized carbons (Fsp3) is 0.500. The first-order chi connectivity index (χ1) is 8.67. The molecular weight excluding hydrogens is 233 g/mol. The van der Waals surface area contributed by atoms with Gasteiger partial charge in [0.25, 0.3) is 0 Å². The largest absolute Gasteiger partial charge is 0.466 e. The fourth-order valence-corrected chi connectivity index (χ4v) is 1.77. The number of carbonyl (C=O) groups excluding carboxylic acids is 1. The molecule has 1 N–H and O–H groups in total. The summed E-state index contributed by atoms with van der Waals surface area (Å²) in [4.78, 5) is 11.2. The second-order valence-corrected chi connectivity index (χ2v) is 4.02. The maximum absolute atomic E-state index is 12.8. The predicted octanol–water partition coefficient (Wildman–Crippen LogP) is 2.82. The van der Waals surface area contributed by atoms with E-state index in [-0.39, 0.29) is 17.8 Å². The van der Waals surface area contributed by atoms with Gasteiger partial charge in [0.05, 0.1) is 13.0 Å². The van der Waals surface area contributed by atoms with Gasteiger partial charge in [-0.1, -0.05) is 19.1 Å². The van der Waals surface area contributed by atoms with Crippen molar-refractivity contribution in [2.24, 2.45) is 0 Å². The van der Waals surface area contributed by atoms with Gasteiger partial charge in [0.15, 0.2) is 0 Å². The zero-order valence-corrected chi connectivity index (χ0v) is 10.9. The molecule has 1 aromatic rings. The van der Waals surface area contributed by atoms with Gasteiger partial charge in [-0.15, -0.1) is 0 Å². The first kappa shape index (κ1) is 14.6. The van der Waals surface area contributed by atoms with Crippen LogP contribution in [0.5, 0.6) is 0 Å². The van der Waals surface area contributed by atoms with Gasteiger partial charge >= 0.3 is 5.97 Å². The van der Waals surface area contributed by atoms with Crippen LogP contribution < -0.4 is 5.32 Å². The molecule has 1 aromatic carbocycles. The Balaban J connectivity index is 2.42. The summed E-state index contributed by atoms with van der Waals surface area (Å²) in [5, 5.41) is 3.27. The van der Waals surface area contributed by atoms with Crippen LogP contribution in [0.3, 0.4) is 0 Å². The predicted molar refractivity (Wildman–Crippen MR) is 68.7 cm³/mol. The van der Waals surface area contributed by atoms with E-state index in [1.165, 1.54) is 12.1 Å². The highest BCUT2D eigenvalue weighted by molar-refractivity contribution is 5.69. The van der Waals surface area contributed by atoms with Crippen LogP contribution in [0.4, 0.5) is 4.39 Å². The fourth-order valence-electron chi connectivity index (χ4n) is 1.77. The minimum atomic E-state index is -0.236. The van der Waals surface area contributed by atoms with Crippen LogP contribution in [0.15, 0.2) is 24.3 Å². The molecule has 1 atom stereocenters. The van der Waals surface area contributed by atoms with E-state index in [1.54, 1.807) is 19.1 Å². The van der Waals surface area contributed by atoms with E-state index in [4.69, 9.17) is 4.74 Å². The molecule has 0 aliphatic carbocycles. The minimum Gasteiger partial charge on any atom is -0.466 e. The first-order valence-electron chi connectivity index (χ1n) is 6.31. The Kier molecular flexibility index (Phi) is 6.36. The van der Waals surface area contributed by atoms with Gasteiger partial charge in [-0.25, -0.2) is 4.39 Å². The number of nitrogens with one attached hydrogen (secondary N) is 1. The van der Waals surface area contributed by atoms with Crippen molar-refractivity contribution in [3.8, 4) is 0 Å². The van der Waals surface area contributed by atoms with Crippen LogP contribution in [-0.4, -0.2) is 19.1 Å². The number of halogens is 1. The van der Waals surface area contributed by atoms with Gasteiger partial charge in [-0.3, -0.25) is 4.79 Å². The second kappa shape index (κ2) is 7.82. The lowest BCUT2D eigenvalue weighted by Gasteiger charge is -2.17. The van der Waals surface area contributed by atoms with E-state index in [2.05, 4.69) is 5.32 Å². The lowest BCUT2D eigenvalue weighted by molar-refractivity contribution is -0.143. The summed E-state index contributed by atoms with van der Waals surface area (Å²) in [5.74, 6) is -0.431. The average Bonchev–Trinajstić information content (AvgIpc) is 2.36. The zero-order valence-electron chi connectivity index (χ0n) is 10.9. The third kappa shape index (κ3) is 4.84. The standard InChI is InChI=1S/C14H20FNO2/c1-3-13(11-5-7-12(15)8-6-11)16-10-9-14(17)18-4-2/h5-8,13,16H,3-4,9-10H2,1-2H3. The summed E-state index contributed by atoms with van der Waals surface area (Å²) < 4.78 is 17.7. The normalized spacial score (nSPS) is 12.2. The highest BCUT2D eigenvalue weighted by atomic mass is 19.1. The summed E-state index contributed by atoms with van der Waals surface area (Å²) in [5.41, 5.74) is 1.03. The van der Waals surface area contributed by atoms with E-state index in [9.17, 15) is 9.18 Å². The number of rotatable bonds is 7. The molecule has 1 rings (SSSR count). The Morgan fingerprint density at radius 1 is 1.33 bits per heavy atom. The molecule has 0 aliphatic heterocycles. The second-order valence-electron chi connectivity index (χ2n) is 4.02. The monoisotopic (exact) mass is 253 g/mol. The maximum Gasteiger partial charge on any atom is 0.307 e. The van der Waals surface area contributed by atoms with Gasteiger partial charge in [0, 0.05) is 12.6 Å². The van der Waals surface area contributed by atoms with E-state index in [1.807, 2.05) is 6.92 Å². The van der Waals surface area contributed by atoms with Gasteiger partial charge in [-0.05, 0) is 31.0 Å². The zero-order chi connectivity index (χ0) is 13.4. The summed E-state index contributed by atoms with van der Waals surface area (Å²) >= 11 is 0. The lowest BCUT2D eigenvalue weighted by Crippen LogP contribution is -2.24. The quantitative estimate of drug-likeness (QED) is 0.759. The van der Waals surface area contributed by atoms with Crippen LogP contribution in [-0.2, 0) is 9.53 Å². The van der Waals surface area contributed by atoms with Crippen molar-refractivity contribution in [3.63, 3.8) is 0 Å². The molecule has 0 saturated carbocycles. The third-order valence-electron chi connectivity index (χ3n) is 2.71. The van der Waals surface area contributed by atoms with Crippen LogP contribution in [0.2, 0.25) is 0 Å². The van der Waals surface area contributed by atoms with Crippen molar-refractivity contribution >= 4 is 5.97 Å². The molecule has 4 heteroatoms. The van der Waals surface area contributed by atoms with Crippen molar-refractivity contribution in [3.05, 3.63) is 35.6 Å². The molecule has 3 nitrogen and oxygen atoms in total. The highest BCUT2D eigenvalue weighted by Gasteiger charge is 2.09. The van der Waals surface area contributed by atoms with Gasteiger partial charge in [0.1, 0.15) is 5.82 Å². The Morgan fingerprint density at radius 3 is 2.56 bits per heavy atom. The van der Waals surface area contributed by atoms with Crippen molar-refractivity contribution in [1.29, 1.82) is 0 Å². The number of benzene rings is 1. The van der Waals surface area contributed by atoms with Crippen LogP contribution in [0.25, 0.3) is 0 Å². The molecule has 0 bridgehead atoms. The van der Waals surface area contributed by atoms with Gasteiger partial charge in [0.2, 0.25) is 0 Å². The highest BCUT2D eigenvalue weighted by Crippen LogP contribution is 2.16. The Bertz CT molecular complexity index is 365. The maximum atomic E-state index is 12.8. The Morgan fingerprint density at radius 2 is 2.00 bits per heavy atom. The smallest absolute Gasteiger partial charge is 0.307 e. The molecular formula is C14H20FNO2. The number of carbonyl (C=O) groups is 1. The van der Waals surface area contributed by atoms with Crippen LogP contribution in [0.1, 0.15) is 38.3 Å². The Labute approximate surface area is 107 Å². The molecule has 0 radical (unpaired) electrons. The molecule has 0 fully saturated rings. The molecule has 0 spiro atoms. The van der Waals surface area contributed by atoms with Crippen molar-refractivity contribution in [2.75, 3.05) is 13.2 Å². The molecule has 0 aromatic heterocycles. The van der Waals surface area contributed by atoms with E-state index in [0.717, 1.165) is 12.0 Å². The summed E-state index contributed by atoms with van der Waals surface area (Å²) in [6, 6.07) is 6.57. The number of esters is 1. The molecule has 1 unspecified atom stereocenters. The average molecular weight is 253 g/mol. The number of hydrogen-bond acceptors (Lipinski definition) is 3.